The van der Waals surface area contributed by atoms with Crippen LogP contribution >= 0.6 is 12.4 Å². The van der Waals surface area contributed by atoms with E-state index in [9.17, 15) is 5.11 Å². The highest BCUT2D eigenvalue weighted by Crippen LogP contribution is 2.39. The summed E-state index contributed by atoms with van der Waals surface area (Å²) < 4.78 is 0. The molecule has 0 saturated carbocycles. The minimum absolute atomic E-state index is 0. The van der Waals surface area contributed by atoms with E-state index in [1.54, 1.807) is 18.5 Å². The summed E-state index contributed by atoms with van der Waals surface area (Å²) in [5.41, 5.74) is 5.43. The summed E-state index contributed by atoms with van der Waals surface area (Å²) in [6, 6.07) is 15.7. The van der Waals surface area contributed by atoms with Gasteiger partial charge in [-0.05, 0) is 23.8 Å². The van der Waals surface area contributed by atoms with Gasteiger partial charge in [-0.15, -0.1) is 12.4 Å². The van der Waals surface area contributed by atoms with E-state index in [1.165, 1.54) is 6.20 Å². The van der Waals surface area contributed by atoms with Crippen molar-refractivity contribution in [3.63, 3.8) is 0 Å². The molecule has 5 heteroatoms. The summed E-state index contributed by atoms with van der Waals surface area (Å²) in [6.45, 7) is 0. The zero-order valence-corrected chi connectivity index (χ0v) is 12.9. The van der Waals surface area contributed by atoms with Gasteiger partial charge in [0, 0.05) is 23.5 Å². The molecule has 0 spiro atoms. The summed E-state index contributed by atoms with van der Waals surface area (Å²) in [5, 5.41) is 10.2. The molecule has 0 fully saturated rings. The minimum Gasteiger partial charge on any atom is -0.506 e. The fourth-order valence-electron chi connectivity index (χ4n) is 2.71. The summed E-state index contributed by atoms with van der Waals surface area (Å²) in [7, 11) is 0. The summed E-state index contributed by atoms with van der Waals surface area (Å²) in [5.74, 6) is 0.145. The quantitative estimate of drug-likeness (QED) is 0.574. The Hall–Kier alpha value is -2.85. The summed E-state index contributed by atoms with van der Waals surface area (Å²) in [6.07, 6.45) is 4.89. The first kappa shape index (κ1) is 15.1. The van der Waals surface area contributed by atoms with E-state index >= 15 is 0 Å². The number of H-pyrrole nitrogens is 1. The minimum atomic E-state index is 0. The Kier molecular flexibility index (Phi) is 4.00. The van der Waals surface area contributed by atoms with E-state index in [2.05, 4.69) is 15.0 Å². The van der Waals surface area contributed by atoms with Gasteiger partial charge in [-0.3, -0.25) is 9.97 Å². The van der Waals surface area contributed by atoms with Crippen molar-refractivity contribution in [3.8, 4) is 28.1 Å². The van der Waals surface area contributed by atoms with E-state index in [1.807, 2.05) is 42.5 Å². The van der Waals surface area contributed by atoms with Gasteiger partial charge in [-0.2, -0.15) is 0 Å². The Balaban J connectivity index is 0.00000156. The molecule has 23 heavy (non-hydrogen) atoms. The van der Waals surface area contributed by atoms with Crippen molar-refractivity contribution in [2.24, 2.45) is 0 Å². The number of nitrogens with zero attached hydrogens (tertiary/aromatic N) is 2. The van der Waals surface area contributed by atoms with Gasteiger partial charge >= 0.3 is 0 Å². The van der Waals surface area contributed by atoms with Crippen molar-refractivity contribution in [2.45, 2.75) is 0 Å². The van der Waals surface area contributed by atoms with Crippen LogP contribution in [0.15, 0.2) is 67.1 Å². The van der Waals surface area contributed by atoms with Gasteiger partial charge < -0.3 is 10.1 Å². The molecule has 0 radical (unpaired) electrons. The van der Waals surface area contributed by atoms with Crippen molar-refractivity contribution in [3.05, 3.63) is 67.1 Å². The number of aromatic amines is 1. The fraction of sp³-hybridized carbons (Fsp3) is 0. The molecule has 0 aliphatic heterocycles. The molecule has 0 aliphatic rings. The van der Waals surface area contributed by atoms with Gasteiger partial charge in [-0.25, -0.2) is 0 Å². The third kappa shape index (κ3) is 2.53. The largest absolute Gasteiger partial charge is 0.506 e. The monoisotopic (exact) mass is 323 g/mol. The van der Waals surface area contributed by atoms with Crippen molar-refractivity contribution in [2.75, 3.05) is 0 Å². The van der Waals surface area contributed by atoms with Crippen molar-refractivity contribution in [1.82, 2.24) is 15.0 Å². The van der Waals surface area contributed by atoms with Crippen molar-refractivity contribution >= 4 is 23.4 Å². The molecule has 0 saturated heterocycles. The topological polar surface area (TPSA) is 61.8 Å². The molecule has 0 amide bonds. The van der Waals surface area contributed by atoms with Crippen LogP contribution in [0, 0.1) is 0 Å². The average Bonchev–Trinajstić information content (AvgIpc) is 2.95. The van der Waals surface area contributed by atoms with E-state index in [-0.39, 0.29) is 18.2 Å². The highest BCUT2D eigenvalue weighted by molar-refractivity contribution is 6.02. The highest BCUT2D eigenvalue weighted by atomic mass is 35.5. The number of pyridine rings is 2. The van der Waals surface area contributed by atoms with Crippen LogP contribution < -0.4 is 0 Å². The van der Waals surface area contributed by atoms with Crippen LogP contribution in [0.2, 0.25) is 0 Å². The smallest absolute Gasteiger partial charge is 0.143 e. The maximum atomic E-state index is 10.2. The number of halogens is 1. The SMILES string of the molecule is Cl.Oc1cnccc1-c1[nH]c2cccnc2c1-c1ccccc1. The number of hydrogen-bond donors (Lipinski definition) is 2. The lowest BCUT2D eigenvalue weighted by atomic mass is 10.0. The molecule has 1 aromatic carbocycles. The van der Waals surface area contributed by atoms with Crippen LogP contribution in [-0.2, 0) is 0 Å². The molecule has 4 aromatic rings. The van der Waals surface area contributed by atoms with Crippen LogP contribution in [0.5, 0.6) is 5.75 Å². The molecule has 0 atom stereocenters. The first-order valence-corrected chi connectivity index (χ1v) is 7.00. The predicted molar refractivity (Wildman–Crippen MR) is 93.7 cm³/mol. The van der Waals surface area contributed by atoms with Crippen molar-refractivity contribution < 1.29 is 5.11 Å². The second-order valence-corrected chi connectivity index (χ2v) is 5.03. The second-order valence-electron chi connectivity index (χ2n) is 5.03. The first-order valence-electron chi connectivity index (χ1n) is 7.00. The van der Waals surface area contributed by atoms with E-state index < -0.39 is 0 Å². The lowest BCUT2D eigenvalue weighted by Crippen LogP contribution is -1.85. The third-order valence-corrected chi connectivity index (χ3v) is 3.69. The number of fused-ring (bicyclic) bond motifs is 1. The maximum Gasteiger partial charge on any atom is 0.143 e. The molecule has 0 aliphatic carbocycles. The molecule has 3 aromatic heterocycles. The van der Waals surface area contributed by atoms with E-state index in [4.69, 9.17) is 0 Å². The molecule has 0 bridgehead atoms. The Labute approximate surface area is 139 Å². The van der Waals surface area contributed by atoms with Crippen molar-refractivity contribution in [1.29, 1.82) is 0 Å². The van der Waals surface area contributed by atoms with Gasteiger partial charge in [0.25, 0.3) is 0 Å². The van der Waals surface area contributed by atoms with Crippen LogP contribution in [0.4, 0.5) is 0 Å². The fourth-order valence-corrected chi connectivity index (χ4v) is 2.71. The van der Waals surface area contributed by atoms with Gasteiger partial charge in [0.15, 0.2) is 0 Å². The van der Waals surface area contributed by atoms with Crippen LogP contribution in [0.25, 0.3) is 33.4 Å². The standard InChI is InChI=1S/C18H13N3O.ClH/c22-15-11-19-10-8-13(15)17-16(12-5-2-1-3-6-12)18-14(21-17)7-4-9-20-18;/h1-11,21-22H;1H. The first-order chi connectivity index (χ1) is 10.8. The lowest BCUT2D eigenvalue weighted by Gasteiger charge is -2.06. The highest BCUT2D eigenvalue weighted by Gasteiger charge is 2.17. The van der Waals surface area contributed by atoms with Crippen LogP contribution in [0.1, 0.15) is 0 Å². The molecule has 2 N–H and O–H groups in total. The van der Waals surface area contributed by atoms with E-state index in [0.717, 1.165) is 27.9 Å². The zero-order valence-electron chi connectivity index (χ0n) is 12.1. The number of benzene rings is 1. The lowest BCUT2D eigenvalue weighted by molar-refractivity contribution is 0.474. The number of nitrogens with one attached hydrogen (secondary N) is 1. The Morgan fingerprint density at radius 1 is 0.913 bits per heavy atom. The Morgan fingerprint density at radius 2 is 1.74 bits per heavy atom. The van der Waals surface area contributed by atoms with Gasteiger partial charge in [0.1, 0.15) is 5.75 Å². The number of aromatic hydroxyl groups is 1. The van der Waals surface area contributed by atoms with E-state index in [0.29, 0.717) is 5.56 Å². The van der Waals surface area contributed by atoms with Crippen LogP contribution in [0.3, 0.4) is 0 Å². The maximum absolute atomic E-state index is 10.2. The predicted octanol–water partition coefficient (Wildman–Crippen LogP) is 4.42. The zero-order chi connectivity index (χ0) is 14.9. The van der Waals surface area contributed by atoms with Gasteiger partial charge in [0.05, 0.1) is 22.9 Å². The third-order valence-electron chi connectivity index (χ3n) is 3.69. The molecule has 0 unspecified atom stereocenters. The normalized spacial score (nSPS) is 10.4. The molecular formula is C18H14ClN3O. The second kappa shape index (κ2) is 6.10. The average molecular weight is 324 g/mol. The summed E-state index contributed by atoms with van der Waals surface area (Å²) >= 11 is 0. The van der Waals surface area contributed by atoms with Gasteiger partial charge in [0.2, 0.25) is 0 Å². The Morgan fingerprint density at radius 3 is 2.52 bits per heavy atom. The number of rotatable bonds is 2. The van der Waals surface area contributed by atoms with Crippen LogP contribution in [-0.4, -0.2) is 20.1 Å². The molecule has 114 valence electrons. The van der Waals surface area contributed by atoms with Gasteiger partial charge in [-0.1, -0.05) is 30.3 Å². The summed E-state index contributed by atoms with van der Waals surface area (Å²) in [4.78, 5) is 11.8. The number of aromatic nitrogens is 3. The number of hydrogen-bond acceptors (Lipinski definition) is 3. The molecule has 3 heterocycles. The Bertz CT molecular complexity index is 951. The molecule has 4 nitrogen and oxygen atoms in total. The molecule has 4 rings (SSSR count). The molecular weight excluding hydrogens is 310 g/mol.